The summed E-state index contributed by atoms with van der Waals surface area (Å²) < 4.78 is 22.3. The van der Waals surface area contributed by atoms with E-state index in [2.05, 4.69) is 5.32 Å². The van der Waals surface area contributed by atoms with Gasteiger partial charge in [-0.15, -0.1) is 0 Å². The fourth-order valence-corrected chi connectivity index (χ4v) is 4.52. The van der Waals surface area contributed by atoms with Crippen LogP contribution in [-0.4, -0.2) is 39.2 Å². The summed E-state index contributed by atoms with van der Waals surface area (Å²) in [5.41, 5.74) is 3.19. The minimum absolute atomic E-state index is 0.0221. The third kappa shape index (κ3) is 4.78. The van der Waals surface area contributed by atoms with Gasteiger partial charge in [0.25, 0.3) is 0 Å². The molecule has 0 saturated heterocycles. The molecule has 1 aliphatic heterocycles. The number of carbonyl (C=O) groups is 2. The van der Waals surface area contributed by atoms with Crippen LogP contribution in [0.3, 0.4) is 0 Å². The van der Waals surface area contributed by atoms with Gasteiger partial charge in [0.2, 0.25) is 0 Å². The Bertz CT molecular complexity index is 1140. The molecule has 178 valence electrons. The average Bonchev–Trinajstić information content (AvgIpc) is 2.86. The van der Waals surface area contributed by atoms with Crippen LogP contribution in [0.4, 0.5) is 0 Å². The predicted octanol–water partition coefficient (Wildman–Crippen LogP) is 4.29. The van der Waals surface area contributed by atoms with Crippen molar-refractivity contribution in [3.8, 4) is 17.2 Å². The SMILES string of the molecule is COc1ccc(OC)c([C@@H]2C(C(=O)OCCOc3ccccc3)=C(C)NC3=C2C(=O)CCC3)c1. The molecule has 34 heavy (non-hydrogen) atoms. The first-order valence-electron chi connectivity index (χ1n) is 11.3. The van der Waals surface area contributed by atoms with E-state index in [-0.39, 0.29) is 19.0 Å². The highest BCUT2D eigenvalue weighted by Gasteiger charge is 2.40. The minimum atomic E-state index is -0.614. The van der Waals surface area contributed by atoms with Crippen molar-refractivity contribution in [3.05, 3.63) is 76.6 Å². The van der Waals surface area contributed by atoms with Gasteiger partial charge in [-0.05, 0) is 50.1 Å². The van der Waals surface area contributed by atoms with E-state index in [0.29, 0.717) is 46.1 Å². The molecule has 2 aromatic carbocycles. The summed E-state index contributed by atoms with van der Waals surface area (Å²) in [6.07, 6.45) is 1.96. The second-order valence-corrected chi connectivity index (χ2v) is 8.17. The van der Waals surface area contributed by atoms with Crippen molar-refractivity contribution in [2.24, 2.45) is 0 Å². The number of Topliss-reactive ketones (excluding diaryl/α,β-unsaturated/α-hetero) is 1. The Balaban J connectivity index is 1.64. The number of allylic oxidation sites excluding steroid dienone is 3. The van der Waals surface area contributed by atoms with Crippen LogP contribution in [0, 0.1) is 0 Å². The molecule has 4 rings (SSSR count). The van der Waals surface area contributed by atoms with Gasteiger partial charge in [-0.25, -0.2) is 4.79 Å². The summed E-state index contributed by atoms with van der Waals surface area (Å²) in [5, 5.41) is 3.30. The Morgan fingerprint density at radius 1 is 1.00 bits per heavy atom. The maximum absolute atomic E-state index is 13.4. The molecular weight excluding hydrogens is 434 g/mol. The van der Waals surface area contributed by atoms with Crippen molar-refractivity contribution < 1.29 is 28.5 Å². The Labute approximate surface area is 199 Å². The minimum Gasteiger partial charge on any atom is -0.497 e. The van der Waals surface area contributed by atoms with Gasteiger partial charge in [0.15, 0.2) is 5.78 Å². The number of rotatable bonds is 8. The van der Waals surface area contributed by atoms with Crippen LogP contribution in [0.5, 0.6) is 17.2 Å². The number of hydrogen-bond donors (Lipinski definition) is 1. The molecule has 0 saturated carbocycles. The maximum atomic E-state index is 13.4. The number of benzene rings is 2. The molecule has 0 radical (unpaired) electrons. The van der Waals surface area contributed by atoms with E-state index in [0.717, 1.165) is 18.5 Å². The molecule has 1 heterocycles. The van der Waals surface area contributed by atoms with Crippen LogP contribution in [-0.2, 0) is 14.3 Å². The van der Waals surface area contributed by atoms with Gasteiger partial charge in [0, 0.05) is 29.0 Å². The van der Waals surface area contributed by atoms with Crippen molar-refractivity contribution in [2.45, 2.75) is 32.1 Å². The summed E-state index contributed by atoms with van der Waals surface area (Å²) in [6, 6.07) is 14.7. The van der Waals surface area contributed by atoms with Gasteiger partial charge in [-0.1, -0.05) is 18.2 Å². The average molecular weight is 464 g/mol. The lowest BCUT2D eigenvalue weighted by Crippen LogP contribution is -2.34. The molecule has 2 aliphatic rings. The van der Waals surface area contributed by atoms with Crippen LogP contribution in [0.15, 0.2) is 71.1 Å². The summed E-state index contributed by atoms with van der Waals surface area (Å²) in [5.74, 6) is 0.798. The maximum Gasteiger partial charge on any atom is 0.336 e. The molecule has 1 atom stereocenters. The molecule has 0 aromatic heterocycles. The molecule has 0 amide bonds. The lowest BCUT2D eigenvalue weighted by Gasteiger charge is -2.34. The van der Waals surface area contributed by atoms with E-state index in [1.807, 2.05) is 43.3 Å². The Morgan fingerprint density at radius 2 is 1.79 bits per heavy atom. The summed E-state index contributed by atoms with van der Waals surface area (Å²) in [7, 11) is 3.15. The van der Waals surface area contributed by atoms with Crippen LogP contribution in [0.25, 0.3) is 0 Å². The number of hydrogen-bond acceptors (Lipinski definition) is 7. The van der Waals surface area contributed by atoms with E-state index < -0.39 is 11.9 Å². The van der Waals surface area contributed by atoms with Crippen LogP contribution >= 0.6 is 0 Å². The Morgan fingerprint density at radius 3 is 2.53 bits per heavy atom. The molecule has 0 unspecified atom stereocenters. The molecular formula is C27H29NO6. The number of carbonyl (C=O) groups excluding carboxylic acids is 2. The van der Waals surface area contributed by atoms with Crippen LogP contribution in [0.1, 0.15) is 37.7 Å². The van der Waals surface area contributed by atoms with Gasteiger partial charge in [0.05, 0.1) is 25.7 Å². The Hall–Kier alpha value is -3.74. The van der Waals surface area contributed by atoms with E-state index in [4.69, 9.17) is 18.9 Å². The van der Waals surface area contributed by atoms with Crippen molar-refractivity contribution in [2.75, 3.05) is 27.4 Å². The molecule has 0 bridgehead atoms. The van der Waals surface area contributed by atoms with E-state index in [1.165, 1.54) is 0 Å². The number of methoxy groups -OCH3 is 2. The predicted molar refractivity (Wildman–Crippen MR) is 127 cm³/mol. The van der Waals surface area contributed by atoms with Crippen molar-refractivity contribution in [1.82, 2.24) is 5.32 Å². The topological polar surface area (TPSA) is 83.1 Å². The molecule has 7 nitrogen and oxygen atoms in total. The zero-order valence-corrected chi connectivity index (χ0v) is 19.7. The first kappa shape index (κ1) is 23.4. The number of para-hydroxylation sites is 1. The third-order valence-corrected chi connectivity index (χ3v) is 6.07. The number of dihydropyridines is 1. The smallest absolute Gasteiger partial charge is 0.336 e. The zero-order chi connectivity index (χ0) is 24.1. The summed E-state index contributed by atoms with van der Waals surface area (Å²) in [6.45, 7) is 2.13. The van der Waals surface area contributed by atoms with Gasteiger partial charge in [-0.3, -0.25) is 4.79 Å². The monoisotopic (exact) mass is 463 g/mol. The van der Waals surface area contributed by atoms with Gasteiger partial charge < -0.3 is 24.3 Å². The van der Waals surface area contributed by atoms with E-state index in [9.17, 15) is 9.59 Å². The van der Waals surface area contributed by atoms with Gasteiger partial charge in [0.1, 0.15) is 30.5 Å². The Kier molecular flexibility index (Phi) is 7.21. The van der Waals surface area contributed by atoms with Crippen LogP contribution < -0.4 is 19.5 Å². The molecule has 0 fully saturated rings. The second-order valence-electron chi connectivity index (χ2n) is 8.17. The molecule has 2 aromatic rings. The van der Waals surface area contributed by atoms with Crippen LogP contribution in [0.2, 0.25) is 0 Å². The molecule has 1 N–H and O–H groups in total. The normalized spacial score (nSPS) is 17.6. The van der Waals surface area contributed by atoms with Gasteiger partial charge >= 0.3 is 5.97 Å². The highest BCUT2D eigenvalue weighted by Crippen LogP contribution is 2.46. The second kappa shape index (κ2) is 10.5. The highest BCUT2D eigenvalue weighted by atomic mass is 16.6. The zero-order valence-electron chi connectivity index (χ0n) is 19.7. The molecule has 0 spiro atoms. The van der Waals surface area contributed by atoms with E-state index >= 15 is 0 Å². The van der Waals surface area contributed by atoms with E-state index in [1.54, 1.807) is 26.4 Å². The lowest BCUT2D eigenvalue weighted by molar-refractivity contribution is -0.140. The number of nitrogens with one attached hydrogen (secondary N) is 1. The molecule has 7 heteroatoms. The third-order valence-electron chi connectivity index (χ3n) is 6.07. The first-order valence-corrected chi connectivity index (χ1v) is 11.3. The van der Waals surface area contributed by atoms with Crippen molar-refractivity contribution >= 4 is 11.8 Å². The largest absolute Gasteiger partial charge is 0.497 e. The number of esters is 1. The fraction of sp³-hybridized carbons (Fsp3) is 0.333. The highest BCUT2D eigenvalue weighted by molar-refractivity contribution is 6.04. The lowest BCUT2D eigenvalue weighted by atomic mass is 9.75. The quantitative estimate of drug-likeness (QED) is 0.462. The summed E-state index contributed by atoms with van der Waals surface area (Å²) in [4.78, 5) is 26.5. The van der Waals surface area contributed by atoms with Crippen molar-refractivity contribution in [3.63, 3.8) is 0 Å². The summed E-state index contributed by atoms with van der Waals surface area (Å²) >= 11 is 0. The standard InChI is InChI=1S/C27H29NO6/c1-17-24(27(30)34-15-14-33-18-8-5-4-6-9-18)25(26-21(28-17)10-7-11-22(26)29)20-16-19(31-2)12-13-23(20)32-3/h4-6,8-9,12-13,16,25,28H,7,10-11,14-15H2,1-3H3/t25-/m1/s1. The molecule has 1 aliphatic carbocycles. The fourth-order valence-electron chi connectivity index (χ4n) is 4.52. The van der Waals surface area contributed by atoms with Crippen molar-refractivity contribution in [1.29, 1.82) is 0 Å². The number of ether oxygens (including phenoxy) is 4. The van der Waals surface area contributed by atoms with Gasteiger partial charge in [-0.2, -0.15) is 0 Å². The number of ketones is 1. The first-order chi connectivity index (χ1) is 16.5.